The van der Waals surface area contributed by atoms with Crippen molar-refractivity contribution < 1.29 is 18.4 Å². The van der Waals surface area contributed by atoms with Gasteiger partial charge in [0.05, 0.1) is 41.2 Å². The number of carbonyl (C=O) groups is 2. The van der Waals surface area contributed by atoms with Crippen LogP contribution in [0, 0.1) is 5.41 Å². The third-order valence-electron chi connectivity index (χ3n) is 10.3. The summed E-state index contributed by atoms with van der Waals surface area (Å²) in [6, 6.07) is 5.95. The molecule has 48 heavy (non-hydrogen) atoms. The number of aryl methyl sites for hydroxylation is 1. The Bertz CT molecular complexity index is 2050. The molecule has 1 saturated carbocycles. The summed E-state index contributed by atoms with van der Waals surface area (Å²) < 4.78 is 29.0. The highest BCUT2D eigenvalue weighted by molar-refractivity contribution is 6.14. The van der Waals surface area contributed by atoms with E-state index < -0.39 is 19.0 Å². The number of nitrogens with zero attached hydrogens (tertiary/aromatic N) is 7. The number of carbonyl (C=O) groups excluding carboxylic acids is 2. The maximum atomic E-state index is 13.8. The Hall–Kier alpha value is -5.01. The summed E-state index contributed by atoms with van der Waals surface area (Å²) in [5.41, 5.74) is 7.23. The first-order valence-electron chi connectivity index (χ1n) is 16.5. The van der Waals surface area contributed by atoms with Gasteiger partial charge in [-0.05, 0) is 57.2 Å². The summed E-state index contributed by atoms with van der Waals surface area (Å²) in [6.45, 7) is 5.03. The molecule has 12 nitrogen and oxygen atoms in total. The number of hydrogen-bond acceptors (Lipinski definition) is 5. The van der Waals surface area contributed by atoms with Gasteiger partial charge in [0.25, 0.3) is 6.43 Å². The van der Waals surface area contributed by atoms with Crippen molar-refractivity contribution >= 4 is 39.7 Å². The number of alkyl halides is 2. The van der Waals surface area contributed by atoms with Crippen LogP contribution in [0.3, 0.4) is 0 Å². The minimum atomic E-state index is -2.58. The van der Waals surface area contributed by atoms with Crippen molar-refractivity contribution in [1.82, 2.24) is 45.1 Å². The largest absolute Gasteiger partial charge is 0.339 e. The summed E-state index contributed by atoms with van der Waals surface area (Å²) >= 11 is 0. The molecule has 4 amide bonds. The number of fused-ring (bicyclic) bond motifs is 4. The standard InChI is InChI=1S/C34H38F2N10O2/c1-19(2)46-25-5-4-20(10-21(25)13-41-46)27-28-30-22(11-37-31(28)42-29(27)23-14-40-43(3)16-23)12-38-33(48)45(30)24-6-8-34(9-7-24)17-44(18-34)32(47)39-15-26(35)36/h4-5,10-11,13-14,16,19,24,26H,6-9,12,15,17-18H2,1-3H3,(H,37,42)(H,38,48)(H,39,47). The summed E-state index contributed by atoms with van der Waals surface area (Å²) in [4.78, 5) is 38.1. The topological polar surface area (TPSA) is 129 Å². The fourth-order valence-corrected chi connectivity index (χ4v) is 7.94. The second-order valence-corrected chi connectivity index (χ2v) is 13.8. The number of aromatic nitrogens is 6. The Morgan fingerprint density at radius 1 is 1.10 bits per heavy atom. The molecule has 4 aromatic heterocycles. The minimum absolute atomic E-state index is 0.0517. The summed E-state index contributed by atoms with van der Waals surface area (Å²) in [6.07, 6.45) is 8.16. The lowest BCUT2D eigenvalue weighted by molar-refractivity contribution is -0.00401. The number of amides is 4. The molecule has 0 atom stereocenters. The zero-order valence-electron chi connectivity index (χ0n) is 27.1. The van der Waals surface area contributed by atoms with Gasteiger partial charge in [0.2, 0.25) is 0 Å². The second-order valence-electron chi connectivity index (χ2n) is 13.8. The molecule has 5 aromatic rings. The van der Waals surface area contributed by atoms with Crippen molar-refractivity contribution in [3.05, 3.63) is 48.5 Å². The van der Waals surface area contributed by atoms with E-state index >= 15 is 0 Å². The van der Waals surface area contributed by atoms with Crippen molar-refractivity contribution in [2.45, 2.75) is 64.6 Å². The first kappa shape index (κ1) is 30.3. The van der Waals surface area contributed by atoms with Gasteiger partial charge in [0.15, 0.2) is 0 Å². The lowest BCUT2D eigenvalue weighted by Gasteiger charge is -2.54. The molecule has 3 N–H and O–H groups in total. The highest BCUT2D eigenvalue weighted by atomic mass is 19.3. The lowest BCUT2D eigenvalue weighted by atomic mass is 9.67. The average molecular weight is 657 g/mol. The van der Waals surface area contributed by atoms with E-state index in [9.17, 15) is 18.4 Å². The van der Waals surface area contributed by atoms with Crippen LogP contribution in [0.15, 0.2) is 43.0 Å². The maximum absolute atomic E-state index is 13.8. The van der Waals surface area contributed by atoms with Crippen molar-refractivity contribution in [3.63, 3.8) is 0 Å². The average Bonchev–Trinajstić information content (AvgIpc) is 3.78. The molecule has 0 radical (unpaired) electrons. The number of aromatic amines is 1. The fourth-order valence-electron chi connectivity index (χ4n) is 7.94. The molecule has 0 bridgehead atoms. The molecular weight excluding hydrogens is 618 g/mol. The molecule has 1 aromatic carbocycles. The van der Waals surface area contributed by atoms with Crippen LogP contribution in [0.4, 0.5) is 24.1 Å². The number of benzene rings is 1. The Morgan fingerprint density at radius 2 is 1.90 bits per heavy atom. The molecule has 1 spiro atoms. The number of rotatable bonds is 6. The van der Waals surface area contributed by atoms with Gasteiger partial charge in [-0.25, -0.2) is 23.4 Å². The van der Waals surface area contributed by atoms with Crippen LogP contribution in [0.25, 0.3) is 44.3 Å². The van der Waals surface area contributed by atoms with Gasteiger partial charge in [-0.1, -0.05) is 6.07 Å². The highest BCUT2D eigenvalue weighted by Gasteiger charge is 2.49. The van der Waals surface area contributed by atoms with E-state index in [1.165, 1.54) is 0 Å². The third kappa shape index (κ3) is 4.96. The molecule has 0 unspecified atom stereocenters. The molecule has 6 heterocycles. The van der Waals surface area contributed by atoms with Crippen LogP contribution in [-0.2, 0) is 13.6 Å². The van der Waals surface area contributed by atoms with Gasteiger partial charge in [-0.15, -0.1) is 0 Å². The maximum Gasteiger partial charge on any atom is 0.322 e. The van der Waals surface area contributed by atoms with Gasteiger partial charge in [-0.2, -0.15) is 10.2 Å². The van der Waals surface area contributed by atoms with E-state index in [-0.39, 0.29) is 23.5 Å². The zero-order chi connectivity index (χ0) is 33.3. The van der Waals surface area contributed by atoms with E-state index in [1.807, 2.05) is 41.4 Å². The number of H-pyrrole nitrogens is 1. The number of nitrogens with one attached hydrogen (secondary N) is 3. The third-order valence-corrected chi connectivity index (χ3v) is 10.3. The number of halogens is 2. The number of pyridine rings is 1. The molecule has 2 fully saturated rings. The van der Waals surface area contributed by atoms with Crippen molar-refractivity contribution in [3.8, 4) is 22.4 Å². The molecule has 1 saturated heterocycles. The molecule has 1 aliphatic carbocycles. The van der Waals surface area contributed by atoms with E-state index in [0.29, 0.717) is 25.3 Å². The summed E-state index contributed by atoms with van der Waals surface area (Å²) in [5.74, 6) is 0. The molecule has 14 heteroatoms. The number of anilines is 1. The van der Waals surface area contributed by atoms with Crippen molar-refractivity contribution in [2.75, 3.05) is 24.5 Å². The quantitative estimate of drug-likeness (QED) is 0.213. The normalized spacial score (nSPS) is 17.9. The van der Waals surface area contributed by atoms with Gasteiger partial charge < -0.3 is 20.5 Å². The monoisotopic (exact) mass is 656 g/mol. The summed E-state index contributed by atoms with van der Waals surface area (Å²) in [7, 11) is 1.89. The molecule has 250 valence electrons. The Kier molecular flexibility index (Phi) is 7.15. The Balaban J connectivity index is 1.18. The Morgan fingerprint density at radius 3 is 2.60 bits per heavy atom. The predicted molar refractivity (Wildman–Crippen MR) is 178 cm³/mol. The molecule has 8 rings (SSSR count). The number of hydrogen-bond donors (Lipinski definition) is 3. The van der Waals surface area contributed by atoms with E-state index in [0.717, 1.165) is 75.6 Å². The van der Waals surface area contributed by atoms with Gasteiger partial charge in [0, 0.05) is 78.7 Å². The van der Waals surface area contributed by atoms with Crippen molar-refractivity contribution in [2.24, 2.45) is 12.5 Å². The zero-order valence-corrected chi connectivity index (χ0v) is 27.1. The molecular formula is C34H38F2N10O2. The van der Waals surface area contributed by atoms with Crippen LogP contribution in [0.2, 0.25) is 0 Å². The second kappa shape index (κ2) is 11.3. The number of urea groups is 2. The van der Waals surface area contributed by atoms with E-state index in [1.54, 1.807) is 9.58 Å². The van der Waals surface area contributed by atoms with Crippen molar-refractivity contribution in [1.29, 1.82) is 0 Å². The van der Waals surface area contributed by atoms with Crippen LogP contribution in [0.5, 0.6) is 0 Å². The van der Waals surface area contributed by atoms with Crippen LogP contribution in [0.1, 0.15) is 51.1 Å². The highest BCUT2D eigenvalue weighted by Crippen LogP contribution is 2.49. The lowest BCUT2D eigenvalue weighted by Crippen LogP contribution is -2.63. The molecule has 2 aliphatic heterocycles. The smallest absolute Gasteiger partial charge is 0.322 e. The Labute approximate surface area is 275 Å². The van der Waals surface area contributed by atoms with Gasteiger partial charge >= 0.3 is 12.1 Å². The SMILES string of the molecule is CC(C)n1ncc2cc(-c3c(-c4cnn(C)c4)[nH]c4ncc5c(c34)N(C3CCC4(CC3)CN(C(=O)NCC(F)F)C4)C(=O)NC5)ccc21. The van der Waals surface area contributed by atoms with Gasteiger partial charge in [-0.3, -0.25) is 14.3 Å². The molecule has 3 aliphatic rings. The predicted octanol–water partition coefficient (Wildman–Crippen LogP) is 5.81. The van der Waals surface area contributed by atoms with Crippen LogP contribution >= 0.6 is 0 Å². The first-order valence-corrected chi connectivity index (χ1v) is 16.5. The van der Waals surface area contributed by atoms with Crippen LogP contribution < -0.4 is 15.5 Å². The first-order chi connectivity index (χ1) is 23.1. The minimum Gasteiger partial charge on any atom is -0.339 e. The van der Waals surface area contributed by atoms with Crippen LogP contribution in [-0.4, -0.2) is 78.6 Å². The van der Waals surface area contributed by atoms with E-state index in [4.69, 9.17) is 4.98 Å². The number of likely N-dealkylation sites (tertiary alicyclic amines) is 1. The fraction of sp³-hybridized carbons (Fsp3) is 0.441. The van der Waals surface area contributed by atoms with E-state index in [2.05, 4.69) is 57.9 Å². The summed E-state index contributed by atoms with van der Waals surface area (Å²) in [5, 5.41) is 16.4. The van der Waals surface area contributed by atoms with Gasteiger partial charge in [0.1, 0.15) is 5.65 Å².